The number of ether oxygens (including phenoxy) is 1. The predicted molar refractivity (Wildman–Crippen MR) is 89.6 cm³/mol. The minimum Gasteiger partial charge on any atom is -0.490 e. The van der Waals surface area contributed by atoms with Crippen LogP contribution in [0.15, 0.2) is 53.0 Å². The van der Waals surface area contributed by atoms with Crippen molar-refractivity contribution < 1.29 is 4.74 Å². The molecule has 0 saturated heterocycles. The summed E-state index contributed by atoms with van der Waals surface area (Å²) in [7, 11) is 0. The van der Waals surface area contributed by atoms with Crippen LogP contribution in [0, 0.1) is 0 Å². The molecule has 0 aromatic heterocycles. The van der Waals surface area contributed by atoms with Crippen molar-refractivity contribution in [1.82, 2.24) is 0 Å². The van der Waals surface area contributed by atoms with Gasteiger partial charge in [-0.3, -0.25) is 0 Å². The Hall–Kier alpha value is -1.32. The highest BCUT2D eigenvalue weighted by atomic mass is 79.9. The maximum absolute atomic E-state index is 6.32. The van der Waals surface area contributed by atoms with Gasteiger partial charge in [0.15, 0.2) is 0 Å². The van der Waals surface area contributed by atoms with Crippen LogP contribution in [0.2, 0.25) is 0 Å². The van der Waals surface area contributed by atoms with Gasteiger partial charge in [0.25, 0.3) is 0 Å². The standard InChI is InChI=1S/C18H20BrNO/c1-12(13-5-3-2-4-6-13)9-15-11-17(20)16-10-14(19)7-8-18(16)21-15/h2-8,10,12,15,17H,9,11,20H2,1H3. The third-order valence-corrected chi connectivity index (χ3v) is 4.66. The van der Waals surface area contributed by atoms with Crippen molar-refractivity contribution >= 4 is 15.9 Å². The summed E-state index contributed by atoms with van der Waals surface area (Å²) >= 11 is 3.49. The molecule has 3 atom stereocenters. The molecule has 2 nitrogen and oxygen atoms in total. The monoisotopic (exact) mass is 345 g/mol. The molecule has 0 amide bonds. The van der Waals surface area contributed by atoms with Gasteiger partial charge in [-0.2, -0.15) is 0 Å². The molecule has 0 saturated carbocycles. The van der Waals surface area contributed by atoms with Gasteiger partial charge in [-0.25, -0.2) is 0 Å². The van der Waals surface area contributed by atoms with Gasteiger partial charge in [-0.1, -0.05) is 53.2 Å². The average molecular weight is 346 g/mol. The summed E-state index contributed by atoms with van der Waals surface area (Å²) in [6, 6.07) is 16.7. The molecule has 2 aromatic carbocycles. The quantitative estimate of drug-likeness (QED) is 0.867. The molecule has 0 bridgehead atoms. The SMILES string of the molecule is CC(CC1CC(N)c2cc(Br)ccc2O1)c1ccccc1. The average Bonchev–Trinajstić information content (AvgIpc) is 2.49. The summed E-state index contributed by atoms with van der Waals surface area (Å²) in [5.41, 5.74) is 8.78. The molecule has 21 heavy (non-hydrogen) atoms. The molecule has 1 aliphatic rings. The van der Waals surface area contributed by atoms with Crippen molar-refractivity contribution in [2.24, 2.45) is 5.73 Å². The minimum absolute atomic E-state index is 0.0548. The van der Waals surface area contributed by atoms with Crippen molar-refractivity contribution in [2.75, 3.05) is 0 Å². The number of nitrogens with two attached hydrogens (primary N) is 1. The zero-order chi connectivity index (χ0) is 14.8. The molecule has 3 unspecified atom stereocenters. The topological polar surface area (TPSA) is 35.2 Å². The lowest BCUT2D eigenvalue weighted by Gasteiger charge is -2.32. The highest BCUT2D eigenvalue weighted by Crippen LogP contribution is 2.37. The van der Waals surface area contributed by atoms with Gasteiger partial charge in [-0.05, 0) is 36.1 Å². The molecule has 2 aromatic rings. The van der Waals surface area contributed by atoms with E-state index in [1.807, 2.05) is 12.1 Å². The molecule has 1 heterocycles. The molecule has 3 rings (SSSR count). The summed E-state index contributed by atoms with van der Waals surface area (Å²) in [6.07, 6.45) is 2.05. The van der Waals surface area contributed by atoms with Gasteiger partial charge < -0.3 is 10.5 Å². The number of rotatable bonds is 3. The number of halogens is 1. The predicted octanol–water partition coefficient (Wildman–Crippen LogP) is 4.79. The van der Waals surface area contributed by atoms with Crippen LogP contribution in [0.5, 0.6) is 5.75 Å². The molecule has 2 N–H and O–H groups in total. The van der Waals surface area contributed by atoms with E-state index in [-0.39, 0.29) is 12.1 Å². The number of fused-ring (bicyclic) bond motifs is 1. The maximum Gasteiger partial charge on any atom is 0.124 e. The van der Waals surface area contributed by atoms with Crippen molar-refractivity contribution in [1.29, 1.82) is 0 Å². The van der Waals surface area contributed by atoms with E-state index in [0.717, 1.165) is 28.6 Å². The lowest BCUT2D eigenvalue weighted by atomic mass is 9.89. The van der Waals surface area contributed by atoms with Gasteiger partial charge in [0.2, 0.25) is 0 Å². The highest BCUT2D eigenvalue weighted by molar-refractivity contribution is 9.10. The second-order valence-electron chi connectivity index (χ2n) is 5.81. The van der Waals surface area contributed by atoms with Gasteiger partial charge in [0.1, 0.15) is 11.9 Å². The zero-order valence-corrected chi connectivity index (χ0v) is 13.7. The van der Waals surface area contributed by atoms with Crippen molar-refractivity contribution in [2.45, 2.75) is 37.8 Å². The van der Waals surface area contributed by atoms with Crippen LogP contribution in [0.4, 0.5) is 0 Å². The van der Waals surface area contributed by atoms with Gasteiger partial charge >= 0.3 is 0 Å². The molecule has 110 valence electrons. The number of hydrogen-bond donors (Lipinski definition) is 1. The summed E-state index contributed by atoms with van der Waals surface area (Å²) in [5.74, 6) is 1.41. The molecule has 3 heteroatoms. The fourth-order valence-corrected chi connectivity index (χ4v) is 3.39. The van der Waals surface area contributed by atoms with E-state index in [1.165, 1.54) is 5.56 Å². The van der Waals surface area contributed by atoms with E-state index in [0.29, 0.717) is 5.92 Å². The number of benzene rings is 2. The molecular formula is C18H20BrNO. The first kappa shape index (κ1) is 14.6. The summed E-state index contributed by atoms with van der Waals surface area (Å²) in [5, 5.41) is 0. The Morgan fingerprint density at radius 2 is 2.00 bits per heavy atom. The Kier molecular flexibility index (Phi) is 4.32. The molecule has 1 aliphatic heterocycles. The van der Waals surface area contributed by atoms with Crippen LogP contribution in [-0.4, -0.2) is 6.10 Å². The normalized spacial score (nSPS) is 22.2. The maximum atomic E-state index is 6.32. The van der Waals surface area contributed by atoms with Crippen molar-refractivity contribution in [3.05, 3.63) is 64.1 Å². The Labute approximate surface area is 134 Å². The lowest BCUT2D eigenvalue weighted by Crippen LogP contribution is -2.30. The van der Waals surface area contributed by atoms with Crippen LogP contribution in [0.3, 0.4) is 0 Å². The van der Waals surface area contributed by atoms with E-state index in [4.69, 9.17) is 10.5 Å². The van der Waals surface area contributed by atoms with Crippen molar-refractivity contribution in [3.8, 4) is 5.75 Å². The van der Waals surface area contributed by atoms with E-state index in [1.54, 1.807) is 0 Å². The number of hydrogen-bond acceptors (Lipinski definition) is 2. The third-order valence-electron chi connectivity index (χ3n) is 4.17. The molecular weight excluding hydrogens is 326 g/mol. The van der Waals surface area contributed by atoms with Crippen LogP contribution < -0.4 is 10.5 Å². The summed E-state index contributed by atoms with van der Waals surface area (Å²) in [6.45, 7) is 2.25. The summed E-state index contributed by atoms with van der Waals surface area (Å²) < 4.78 is 7.20. The van der Waals surface area contributed by atoms with Crippen molar-refractivity contribution in [3.63, 3.8) is 0 Å². The zero-order valence-electron chi connectivity index (χ0n) is 12.1. The fraction of sp³-hybridized carbons (Fsp3) is 0.333. The van der Waals surface area contributed by atoms with Gasteiger partial charge in [-0.15, -0.1) is 0 Å². The van der Waals surface area contributed by atoms with E-state index in [2.05, 4.69) is 59.3 Å². The largest absolute Gasteiger partial charge is 0.490 e. The smallest absolute Gasteiger partial charge is 0.124 e. The summed E-state index contributed by atoms with van der Waals surface area (Å²) in [4.78, 5) is 0. The van der Waals surface area contributed by atoms with Crippen LogP contribution >= 0.6 is 15.9 Å². The molecule has 0 fully saturated rings. The van der Waals surface area contributed by atoms with Crippen LogP contribution in [0.25, 0.3) is 0 Å². The first-order chi connectivity index (χ1) is 10.1. The second-order valence-corrected chi connectivity index (χ2v) is 6.73. The van der Waals surface area contributed by atoms with E-state index in [9.17, 15) is 0 Å². The Bertz CT molecular complexity index is 614. The second kappa shape index (κ2) is 6.20. The highest BCUT2D eigenvalue weighted by Gasteiger charge is 2.27. The fourth-order valence-electron chi connectivity index (χ4n) is 3.01. The first-order valence-electron chi connectivity index (χ1n) is 7.40. The molecule has 0 spiro atoms. The Morgan fingerprint density at radius 3 is 2.76 bits per heavy atom. The Morgan fingerprint density at radius 1 is 1.24 bits per heavy atom. The molecule has 0 radical (unpaired) electrons. The van der Waals surface area contributed by atoms with Crippen LogP contribution in [0.1, 0.15) is 42.9 Å². The minimum atomic E-state index is 0.0548. The Balaban J connectivity index is 1.73. The van der Waals surface area contributed by atoms with E-state index >= 15 is 0 Å². The van der Waals surface area contributed by atoms with Gasteiger partial charge in [0, 0.05) is 22.5 Å². The van der Waals surface area contributed by atoms with Crippen LogP contribution in [-0.2, 0) is 0 Å². The molecule has 0 aliphatic carbocycles. The first-order valence-corrected chi connectivity index (χ1v) is 8.19. The van der Waals surface area contributed by atoms with E-state index < -0.39 is 0 Å². The van der Waals surface area contributed by atoms with Gasteiger partial charge in [0.05, 0.1) is 0 Å². The lowest BCUT2D eigenvalue weighted by molar-refractivity contribution is 0.143. The third kappa shape index (κ3) is 3.30.